The van der Waals surface area contributed by atoms with E-state index in [9.17, 15) is 19.8 Å². The van der Waals surface area contributed by atoms with Crippen LogP contribution >= 0.6 is 21.6 Å². The van der Waals surface area contributed by atoms with Gasteiger partial charge < -0.3 is 41.4 Å². The van der Waals surface area contributed by atoms with Gasteiger partial charge in [-0.25, -0.2) is 4.98 Å². The summed E-state index contributed by atoms with van der Waals surface area (Å²) >= 11 is 0. The van der Waals surface area contributed by atoms with Gasteiger partial charge in [0.25, 0.3) is 0 Å². The van der Waals surface area contributed by atoms with Crippen LogP contribution in [0.2, 0.25) is 0 Å². The predicted molar refractivity (Wildman–Crippen MR) is 287 cm³/mol. The molecule has 4 bridgehead atoms. The van der Waals surface area contributed by atoms with Crippen molar-refractivity contribution in [1.29, 1.82) is 0 Å². The monoisotopic (exact) mass is 1010 g/mol. The quantitative estimate of drug-likeness (QED) is 0.116. The number of nitrogens with one attached hydrogen (secondary N) is 1. The Kier molecular flexibility index (Phi) is 16.8. The molecule has 1 aromatic heterocycles. The van der Waals surface area contributed by atoms with Crippen LogP contribution in [0.5, 0.6) is 11.5 Å². The molecule has 7 atom stereocenters. The van der Waals surface area contributed by atoms with E-state index in [2.05, 4.69) is 52.8 Å². The fourth-order valence-corrected chi connectivity index (χ4v) is 17.2. The number of esters is 1. The summed E-state index contributed by atoms with van der Waals surface area (Å²) in [5.74, 6) is 2.87. The molecule has 4 fully saturated rings. The maximum atomic E-state index is 14.4. The summed E-state index contributed by atoms with van der Waals surface area (Å²) in [6.45, 7) is 2.56. The smallest absolute Gasteiger partial charge is 0.302 e. The first kappa shape index (κ1) is 51.5. The number of guanidine groups is 1. The second-order valence-electron chi connectivity index (χ2n) is 22.1. The number of benzene rings is 2. The van der Waals surface area contributed by atoms with Crippen molar-refractivity contribution < 1.29 is 29.3 Å². The van der Waals surface area contributed by atoms with E-state index in [-0.39, 0.29) is 46.5 Å². The second-order valence-corrected chi connectivity index (χ2v) is 24.7. The Hall–Kier alpha value is -4.40. The number of carbonyl (C=O) groups is 2. The third-order valence-electron chi connectivity index (χ3n) is 17.0. The van der Waals surface area contributed by atoms with Crippen molar-refractivity contribution >= 4 is 51.3 Å². The lowest BCUT2D eigenvalue weighted by Crippen LogP contribution is -2.55. The summed E-state index contributed by atoms with van der Waals surface area (Å²) in [7, 11) is 4.01. The summed E-state index contributed by atoms with van der Waals surface area (Å²) in [5, 5.41) is 27.6. The largest absolute Gasteiger partial charge is 0.504 e. The first-order valence-electron chi connectivity index (χ1n) is 26.9. The number of nitrogen functional groups attached to an aromatic ring is 1. The zero-order valence-corrected chi connectivity index (χ0v) is 43.6. The Morgan fingerprint density at radius 2 is 1.76 bits per heavy atom. The molecule has 1 saturated heterocycles. The molecule has 14 heteroatoms. The Labute approximate surface area is 429 Å². The van der Waals surface area contributed by atoms with E-state index < -0.39 is 17.6 Å². The molecule has 4 heterocycles. The molecular formula is C57H78N6O6S2. The Morgan fingerprint density at radius 1 is 0.944 bits per heavy atom. The summed E-state index contributed by atoms with van der Waals surface area (Å²) in [5.41, 5.74) is 17.7. The van der Waals surface area contributed by atoms with E-state index in [0.29, 0.717) is 87.0 Å². The maximum Gasteiger partial charge on any atom is 0.302 e. The fraction of sp³-hybridized carbons (Fsp3) is 0.614. The number of anilines is 1. The van der Waals surface area contributed by atoms with E-state index in [0.717, 1.165) is 86.7 Å². The van der Waals surface area contributed by atoms with Gasteiger partial charge in [-0.1, -0.05) is 89.8 Å². The highest BCUT2D eigenvalue weighted by Gasteiger charge is 2.57. The molecule has 7 N–H and O–H groups in total. The van der Waals surface area contributed by atoms with Gasteiger partial charge in [-0.2, -0.15) is 0 Å². The Bertz CT molecular complexity index is 2370. The zero-order valence-electron chi connectivity index (χ0n) is 42.0. The van der Waals surface area contributed by atoms with Gasteiger partial charge in [-0.15, -0.1) is 0 Å². The lowest BCUT2D eigenvalue weighted by Gasteiger charge is -2.44. The minimum atomic E-state index is -0.617. The van der Waals surface area contributed by atoms with Gasteiger partial charge in [0.05, 0.1) is 6.10 Å². The van der Waals surface area contributed by atoms with Crippen LogP contribution in [0.25, 0.3) is 6.08 Å². The van der Waals surface area contributed by atoms with Crippen LogP contribution in [-0.4, -0.2) is 80.0 Å². The SMILES string of the molecule is CC(=O)O[C@@H]1CCc2cc(c(O)c3c2C=C[C@@H]2CCC[C@@H]2O3)CN2C[C@](Cc3ccnc(N)c3)(CCN=C(N)N[C@@]3(CCCC34CCCC4)SSC[C@@H](CCc3ccccc3)CCCC[C@H](O)C1)CC2=O. The molecule has 9 rings (SSSR count). The average Bonchev–Trinajstić information content (AvgIpc) is 4.12. The molecule has 0 unspecified atom stereocenters. The van der Waals surface area contributed by atoms with E-state index in [1.165, 1.54) is 44.6 Å². The van der Waals surface area contributed by atoms with Crippen molar-refractivity contribution in [2.75, 3.05) is 24.6 Å². The number of carbonyl (C=O) groups excluding carboxylic acids is 2. The number of hydrogen-bond acceptors (Lipinski definition) is 13. The third-order valence-corrected chi connectivity index (χ3v) is 20.3. The molecule has 3 saturated carbocycles. The number of fused-ring (bicyclic) bond motifs is 8. The van der Waals surface area contributed by atoms with Crippen LogP contribution in [0.15, 0.2) is 65.8 Å². The Morgan fingerprint density at radius 3 is 2.58 bits per heavy atom. The summed E-state index contributed by atoms with van der Waals surface area (Å²) < 4.78 is 12.7. The first-order valence-corrected chi connectivity index (χ1v) is 29.2. The molecule has 384 valence electrons. The number of nitrogens with two attached hydrogens (primary N) is 2. The number of amides is 1. The van der Waals surface area contributed by atoms with Crippen molar-refractivity contribution in [3.63, 3.8) is 0 Å². The van der Waals surface area contributed by atoms with E-state index in [4.69, 9.17) is 25.9 Å². The van der Waals surface area contributed by atoms with Crippen molar-refractivity contribution in [3.05, 3.63) is 88.6 Å². The molecule has 2 aromatic carbocycles. The van der Waals surface area contributed by atoms with Crippen LogP contribution in [-0.2, 0) is 40.1 Å². The standard InChI is InChI=1S/C57H78N6O6S2/c1-39(64)68-47-21-19-44-32-45(52(67)53-48(44)22-20-43-14-9-16-49(43)69-53)36-63-38-55(35-51(63)66,34-42-23-29-60-50(58)31-42)28-30-61-54(59)62-57(27-10-26-56(57)24-7-8-25-56)71-70-37-41(13-5-6-15-46(65)33-47)18-17-40-11-3-2-4-12-40/h2-4,11-12,20,22-23,29,31-32,41,43,46-47,49,65,67H,5-10,13-19,21,24-28,30,33-38H2,1H3,(H2,58,60)(H3,59,61,62)/t41-,43+,46+,47-,49+,55+,57+/m1/s1. The van der Waals surface area contributed by atoms with Gasteiger partial charge in [0, 0.05) is 79.2 Å². The van der Waals surface area contributed by atoms with Crippen molar-refractivity contribution in [1.82, 2.24) is 15.2 Å². The van der Waals surface area contributed by atoms with Gasteiger partial charge in [0.1, 0.15) is 22.9 Å². The van der Waals surface area contributed by atoms with Crippen molar-refractivity contribution in [2.45, 2.75) is 178 Å². The van der Waals surface area contributed by atoms with Gasteiger partial charge >= 0.3 is 5.97 Å². The van der Waals surface area contributed by atoms with E-state index in [1.54, 1.807) is 6.20 Å². The number of aliphatic hydroxyl groups is 1. The molecule has 0 radical (unpaired) electrons. The number of aliphatic imine (C=N–C) groups is 1. The third kappa shape index (κ3) is 12.5. The van der Waals surface area contributed by atoms with Crippen molar-refractivity contribution in [3.8, 4) is 11.5 Å². The zero-order chi connectivity index (χ0) is 49.4. The lowest BCUT2D eigenvalue weighted by molar-refractivity contribution is -0.148. The number of rotatable bonds is 6. The molecule has 3 aliphatic heterocycles. The fourth-order valence-electron chi connectivity index (χ4n) is 13.3. The number of phenolic OH excluding ortho intramolecular Hbond substituents is 1. The molecule has 2 spiro atoms. The molecular weight excluding hydrogens is 929 g/mol. The van der Waals surface area contributed by atoms with E-state index in [1.807, 2.05) is 44.7 Å². The molecule has 3 aromatic rings. The summed E-state index contributed by atoms with van der Waals surface area (Å²) in [4.78, 5) is 38.0. The number of aryl methyl sites for hydroxylation is 2. The van der Waals surface area contributed by atoms with Crippen molar-refractivity contribution in [2.24, 2.45) is 33.4 Å². The molecule has 6 aliphatic rings. The minimum Gasteiger partial charge on any atom is -0.504 e. The number of aromatic hydroxyl groups is 1. The molecule has 12 nitrogen and oxygen atoms in total. The number of aromatic nitrogens is 1. The number of hydrogen-bond donors (Lipinski definition) is 5. The Balaban J connectivity index is 1.03. The average molecular weight is 1010 g/mol. The number of pyridine rings is 1. The van der Waals surface area contributed by atoms with Crippen LogP contribution in [0.1, 0.15) is 157 Å². The van der Waals surface area contributed by atoms with Crippen LogP contribution in [0.3, 0.4) is 0 Å². The van der Waals surface area contributed by atoms with Crippen LogP contribution < -0.4 is 21.5 Å². The van der Waals surface area contributed by atoms with Gasteiger partial charge in [-0.05, 0) is 144 Å². The second kappa shape index (κ2) is 23.2. The highest BCUT2D eigenvalue weighted by Crippen LogP contribution is 2.63. The number of nitrogens with zero attached hydrogens (tertiary/aromatic N) is 3. The highest BCUT2D eigenvalue weighted by molar-refractivity contribution is 8.77. The summed E-state index contributed by atoms with van der Waals surface area (Å²) in [6, 6.07) is 16.7. The topological polar surface area (TPSA) is 186 Å². The first-order chi connectivity index (χ1) is 34.4. The summed E-state index contributed by atoms with van der Waals surface area (Å²) in [6.07, 6.45) is 24.8. The number of phenols is 1. The predicted octanol–water partition coefficient (Wildman–Crippen LogP) is 10.5. The van der Waals surface area contributed by atoms with Gasteiger partial charge in [0.2, 0.25) is 5.91 Å². The van der Waals surface area contributed by atoms with Gasteiger partial charge in [0.15, 0.2) is 17.5 Å². The van der Waals surface area contributed by atoms with Gasteiger partial charge in [-0.3, -0.25) is 14.6 Å². The highest BCUT2D eigenvalue weighted by atomic mass is 33.1. The maximum absolute atomic E-state index is 14.4. The number of ether oxygens (including phenoxy) is 2. The number of aliphatic hydroxyl groups excluding tert-OH is 1. The molecule has 71 heavy (non-hydrogen) atoms. The molecule has 1 amide bonds. The lowest BCUT2D eigenvalue weighted by atomic mass is 9.78. The van der Waals surface area contributed by atoms with Crippen LogP contribution in [0, 0.1) is 22.7 Å². The van der Waals surface area contributed by atoms with E-state index >= 15 is 0 Å². The molecule has 3 aliphatic carbocycles. The minimum absolute atomic E-state index is 0.0134. The van der Waals surface area contributed by atoms with Crippen LogP contribution in [0.4, 0.5) is 5.82 Å². The normalized spacial score (nSPS) is 29.7.